The van der Waals surface area contributed by atoms with Gasteiger partial charge in [0.1, 0.15) is 0 Å². The zero-order valence-corrected chi connectivity index (χ0v) is 19.1. The Kier molecular flexibility index (Phi) is 13.8. The molecule has 0 saturated heterocycles. The van der Waals surface area contributed by atoms with Gasteiger partial charge in [-0.2, -0.15) is 0 Å². The lowest BCUT2D eigenvalue weighted by atomic mass is 9.97. The fourth-order valence-corrected chi connectivity index (χ4v) is 3.56. The van der Waals surface area contributed by atoms with Crippen LogP contribution < -0.4 is 21.3 Å². The molecule has 0 fully saturated rings. The minimum atomic E-state index is -0.506. The van der Waals surface area contributed by atoms with Crippen molar-refractivity contribution in [3.63, 3.8) is 0 Å². The summed E-state index contributed by atoms with van der Waals surface area (Å²) < 4.78 is 0. The van der Waals surface area contributed by atoms with Gasteiger partial charge < -0.3 is 10.6 Å². The normalized spacial score (nSPS) is 11.1. The molecule has 0 aliphatic rings. The second-order valence-electron chi connectivity index (χ2n) is 7.97. The molecular formula is C18H34N4O4S2. The van der Waals surface area contributed by atoms with E-state index in [-0.39, 0.29) is 23.0 Å². The summed E-state index contributed by atoms with van der Waals surface area (Å²) in [6, 6.07) is -1.00. The molecule has 0 atom stereocenters. The van der Waals surface area contributed by atoms with E-state index in [0.29, 0.717) is 31.2 Å². The van der Waals surface area contributed by atoms with Gasteiger partial charge in [-0.3, -0.25) is 20.2 Å². The van der Waals surface area contributed by atoms with Crippen LogP contribution in [0.4, 0.5) is 9.59 Å². The molecule has 0 aromatic rings. The molecule has 0 aromatic carbocycles. The maximum absolute atomic E-state index is 11.6. The minimum absolute atomic E-state index is 0.0526. The second-order valence-corrected chi connectivity index (χ2v) is 10.5. The lowest BCUT2D eigenvalue weighted by Gasteiger charge is -2.18. The monoisotopic (exact) mass is 434 g/mol. The average molecular weight is 435 g/mol. The number of carbonyl (C=O) groups is 4. The van der Waals surface area contributed by atoms with E-state index >= 15 is 0 Å². The SMILES string of the molecule is CC(C)CCCC(=O)NC(=O)NCCSSCC(=O)NC(=O)NCC(C)(C)C. The molecule has 0 spiro atoms. The highest BCUT2D eigenvalue weighted by Crippen LogP contribution is 2.19. The number of carbonyl (C=O) groups excluding carboxylic acids is 4. The van der Waals surface area contributed by atoms with Gasteiger partial charge in [0, 0.05) is 25.3 Å². The molecule has 0 unspecified atom stereocenters. The summed E-state index contributed by atoms with van der Waals surface area (Å²) in [6.07, 6.45) is 2.06. The lowest BCUT2D eigenvalue weighted by Crippen LogP contribution is -2.43. The summed E-state index contributed by atoms with van der Waals surface area (Å²) in [5.41, 5.74) is -0.0526. The molecule has 0 bridgehead atoms. The van der Waals surface area contributed by atoms with Crippen LogP contribution in [0, 0.1) is 11.3 Å². The number of hydrogen-bond donors (Lipinski definition) is 4. The van der Waals surface area contributed by atoms with Crippen LogP contribution in [-0.4, -0.2) is 48.5 Å². The van der Waals surface area contributed by atoms with Crippen LogP contribution in [0.25, 0.3) is 0 Å². The number of amides is 6. The quantitative estimate of drug-likeness (QED) is 0.293. The van der Waals surface area contributed by atoms with Crippen molar-refractivity contribution in [2.45, 2.75) is 53.9 Å². The Balaban J connectivity index is 3.67. The smallest absolute Gasteiger partial charge is 0.321 e. The van der Waals surface area contributed by atoms with Gasteiger partial charge in [-0.15, -0.1) is 0 Å². The molecule has 0 aliphatic heterocycles. The summed E-state index contributed by atoms with van der Waals surface area (Å²) in [5, 5.41) is 9.80. The average Bonchev–Trinajstić information content (AvgIpc) is 2.55. The third-order valence-corrected chi connectivity index (χ3v) is 5.49. The van der Waals surface area contributed by atoms with E-state index in [1.54, 1.807) is 0 Å². The van der Waals surface area contributed by atoms with Crippen LogP contribution in [0.5, 0.6) is 0 Å². The van der Waals surface area contributed by atoms with E-state index in [1.807, 2.05) is 20.8 Å². The number of nitrogens with one attached hydrogen (secondary N) is 4. The third-order valence-electron chi connectivity index (χ3n) is 3.21. The molecular weight excluding hydrogens is 400 g/mol. The van der Waals surface area contributed by atoms with Crippen LogP contribution in [-0.2, 0) is 9.59 Å². The van der Waals surface area contributed by atoms with Crippen molar-refractivity contribution in [2.75, 3.05) is 24.6 Å². The largest absolute Gasteiger partial charge is 0.337 e. The molecule has 162 valence electrons. The zero-order valence-electron chi connectivity index (χ0n) is 17.5. The molecule has 0 aliphatic carbocycles. The molecule has 0 saturated carbocycles. The third kappa shape index (κ3) is 18.0. The van der Waals surface area contributed by atoms with Gasteiger partial charge in [0.25, 0.3) is 0 Å². The Hall–Kier alpha value is -1.42. The number of hydrogen-bond acceptors (Lipinski definition) is 6. The first-order chi connectivity index (χ1) is 13.0. The van der Waals surface area contributed by atoms with Crippen LogP contribution in [0.15, 0.2) is 0 Å². The van der Waals surface area contributed by atoms with Crippen LogP contribution in [0.1, 0.15) is 53.9 Å². The maximum Gasteiger partial charge on any atom is 0.321 e. The van der Waals surface area contributed by atoms with Gasteiger partial charge in [0.15, 0.2) is 0 Å². The van der Waals surface area contributed by atoms with Crippen molar-refractivity contribution in [2.24, 2.45) is 11.3 Å². The Morgan fingerprint density at radius 1 is 0.893 bits per heavy atom. The van der Waals surface area contributed by atoms with Crippen LogP contribution >= 0.6 is 21.6 Å². The highest BCUT2D eigenvalue weighted by molar-refractivity contribution is 8.76. The van der Waals surface area contributed by atoms with Gasteiger partial charge in [-0.25, -0.2) is 9.59 Å². The molecule has 0 heterocycles. The second kappa shape index (κ2) is 14.6. The standard InChI is InChI=1S/C18H34N4O4S2/c1-13(2)7-6-8-14(23)21-16(25)19-9-10-27-28-11-15(24)22-17(26)20-12-18(3,4)5/h13H,6-12H2,1-5H3,(H2,19,21,23,25)(H2,20,22,24,26). The van der Waals surface area contributed by atoms with E-state index in [4.69, 9.17) is 0 Å². The summed E-state index contributed by atoms with van der Waals surface area (Å²) in [7, 11) is 2.69. The summed E-state index contributed by atoms with van der Waals surface area (Å²) >= 11 is 0. The summed E-state index contributed by atoms with van der Waals surface area (Å²) in [6.45, 7) is 11.0. The lowest BCUT2D eigenvalue weighted by molar-refractivity contribution is -0.120. The van der Waals surface area contributed by atoms with E-state index < -0.39 is 12.1 Å². The number of urea groups is 2. The predicted molar refractivity (Wildman–Crippen MR) is 116 cm³/mol. The van der Waals surface area contributed by atoms with Gasteiger partial charge in [-0.1, -0.05) is 62.6 Å². The van der Waals surface area contributed by atoms with Gasteiger partial charge in [0.2, 0.25) is 11.8 Å². The minimum Gasteiger partial charge on any atom is -0.337 e. The Morgan fingerprint density at radius 2 is 1.50 bits per heavy atom. The fraction of sp³-hybridized carbons (Fsp3) is 0.778. The van der Waals surface area contributed by atoms with Crippen molar-refractivity contribution < 1.29 is 19.2 Å². The van der Waals surface area contributed by atoms with E-state index in [0.717, 1.165) is 12.8 Å². The number of rotatable bonds is 11. The van der Waals surface area contributed by atoms with Gasteiger partial charge in [-0.05, 0) is 17.8 Å². The molecule has 6 amide bonds. The van der Waals surface area contributed by atoms with Crippen molar-refractivity contribution in [3.05, 3.63) is 0 Å². The molecule has 0 radical (unpaired) electrons. The molecule has 8 nitrogen and oxygen atoms in total. The first kappa shape index (κ1) is 26.6. The Morgan fingerprint density at radius 3 is 2.11 bits per heavy atom. The highest BCUT2D eigenvalue weighted by Gasteiger charge is 2.13. The van der Waals surface area contributed by atoms with E-state index in [9.17, 15) is 19.2 Å². The Bertz CT molecular complexity index is 522. The fourth-order valence-electron chi connectivity index (χ4n) is 1.82. The summed E-state index contributed by atoms with van der Waals surface area (Å²) in [4.78, 5) is 46.4. The topological polar surface area (TPSA) is 116 Å². The maximum atomic E-state index is 11.6. The van der Waals surface area contributed by atoms with E-state index in [1.165, 1.54) is 21.6 Å². The van der Waals surface area contributed by atoms with Gasteiger partial charge >= 0.3 is 12.1 Å². The zero-order chi connectivity index (χ0) is 21.6. The van der Waals surface area contributed by atoms with Crippen LogP contribution in [0.2, 0.25) is 0 Å². The molecule has 0 rings (SSSR count). The predicted octanol–water partition coefficient (Wildman–Crippen LogP) is 2.89. The van der Waals surface area contributed by atoms with Crippen molar-refractivity contribution in [3.8, 4) is 0 Å². The first-order valence-corrected chi connectivity index (χ1v) is 11.9. The Labute approximate surface area is 175 Å². The summed E-state index contributed by atoms with van der Waals surface area (Å²) in [5.74, 6) is 0.594. The van der Waals surface area contributed by atoms with E-state index in [2.05, 4.69) is 35.1 Å². The molecule has 28 heavy (non-hydrogen) atoms. The molecule has 4 N–H and O–H groups in total. The van der Waals surface area contributed by atoms with Gasteiger partial charge in [0.05, 0.1) is 5.75 Å². The van der Waals surface area contributed by atoms with Crippen molar-refractivity contribution >= 4 is 45.5 Å². The van der Waals surface area contributed by atoms with Crippen LogP contribution in [0.3, 0.4) is 0 Å². The highest BCUT2D eigenvalue weighted by atomic mass is 33.1. The first-order valence-electron chi connectivity index (χ1n) is 9.39. The molecule has 10 heteroatoms. The number of imide groups is 2. The van der Waals surface area contributed by atoms with Crippen molar-refractivity contribution in [1.82, 2.24) is 21.3 Å². The molecule has 0 aromatic heterocycles. The van der Waals surface area contributed by atoms with Crippen molar-refractivity contribution in [1.29, 1.82) is 0 Å².